The largest absolute Gasteiger partial charge is 0.507 e. The molecule has 4 heteroatoms. The molecule has 1 N–H and O–H groups in total. The first kappa shape index (κ1) is 12.1. The Labute approximate surface area is 94.1 Å². The van der Waals surface area contributed by atoms with Crippen molar-refractivity contribution < 1.29 is 14.6 Å². The number of aromatic hydroxyl groups is 1. The first-order valence-corrected chi connectivity index (χ1v) is 5.05. The zero-order chi connectivity index (χ0) is 12.0. The summed E-state index contributed by atoms with van der Waals surface area (Å²) in [5.74, 6) is -0.310. The number of nitrogens with zero attached hydrogens (tertiary/aromatic N) is 1. The van der Waals surface area contributed by atoms with Crippen molar-refractivity contribution >= 4 is 5.97 Å². The number of esters is 1. The lowest BCUT2D eigenvalue weighted by atomic mass is 10.1. The lowest BCUT2D eigenvalue weighted by Gasteiger charge is -2.03. The number of phenolic OH excluding ortho intramolecular Hbond substituents is 1. The maximum Gasteiger partial charge on any atom is 0.306 e. The summed E-state index contributed by atoms with van der Waals surface area (Å²) in [6.45, 7) is 2.13. The Morgan fingerprint density at radius 3 is 2.88 bits per heavy atom. The summed E-state index contributed by atoms with van der Waals surface area (Å²) in [5.41, 5.74) is 1.05. The third-order valence-corrected chi connectivity index (χ3v) is 2.11. The van der Waals surface area contributed by atoms with Gasteiger partial charge in [0.25, 0.3) is 0 Å². The normalized spacial score (nSPS) is 9.50. The highest BCUT2D eigenvalue weighted by molar-refractivity contribution is 5.69. The van der Waals surface area contributed by atoms with Crippen LogP contribution >= 0.6 is 0 Å². The second-order valence-corrected chi connectivity index (χ2v) is 3.27. The van der Waals surface area contributed by atoms with Gasteiger partial charge < -0.3 is 9.84 Å². The number of hydrogen-bond acceptors (Lipinski definition) is 4. The lowest BCUT2D eigenvalue weighted by molar-refractivity contribution is -0.143. The van der Waals surface area contributed by atoms with Crippen LogP contribution in [0.25, 0.3) is 0 Å². The number of hydrogen-bond donors (Lipinski definition) is 1. The Balaban J connectivity index is 2.59. The minimum Gasteiger partial charge on any atom is -0.507 e. The summed E-state index contributed by atoms with van der Waals surface area (Å²) in [7, 11) is 0. The lowest BCUT2D eigenvalue weighted by Crippen LogP contribution is -2.05. The molecule has 0 saturated carbocycles. The van der Waals surface area contributed by atoms with Gasteiger partial charge in [-0.25, -0.2) is 0 Å². The van der Waals surface area contributed by atoms with Gasteiger partial charge >= 0.3 is 5.97 Å². The maximum atomic E-state index is 11.1. The molecule has 0 radical (unpaired) electrons. The van der Waals surface area contributed by atoms with Gasteiger partial charge in [0.2, 0.25) is 0 Å². The molecule has 0 aromatic heterocycles. The summed E-state index contributed by atoms with van der Waals surface area (Å²) in [4.78, 5) is 11.1. The Hall–Kier alpha value is -2.02. The third-order valence-electron chi connectivity index (χ3n) is 2.11. The first-order chi connectivity index (χ1) is 7.67. The second-order valence-electron chi connectivity index (χ2n) is 3.27. The smallest absolute Gasteiger partial charge is 0.306 e. The van der Waals surface area contributed by atoms with Crippen molar-refractivity contribution in [2.45, 2.75) is 19.8 Å². The summed E-state index contributed by atoms with van der Waals surface area (Å²) in [5, 5.41) is 18.0. The summed E-state index contributed by atoms with van der Waals surface area (Å²) >= 11 is 0. The van der Waals surface area contributed by atoms with Gasteiger partial charge in [-0.15, -0.1) is 0 Å². The average Bonchev–Trinajstić information content (AvgIpc) is 2.27. The molecular formula is C12H13NO3. The highest BCUT2D eigenvalue weighted by atomic mass is 16.5. The van der Waals surface area contributed by atoms with Crippen molar-refractivity contribution in [3.05, 3.63) is 29.3 Å². The molecule has 0 bridgehead atoms. The molecule has 0 aliphatic rings. The van der Waals surface area contributed by atoms with Gasteiger partial charge in [-0.05, 0) is 31.0 Å². The summed E-state index contributed by atoms with van der Waals surface area (Å²) < 4.78 is 4.78. The van der Waals surface area contributed by atoms with E-state index < -0.39 is 0 Å². The van der Waals surface area contributed by atoms with E-state index in [-0.39, 0.29) is 23.7 Å². The molecule has 0 spiro atoms. The van der Waals surface area contributed by atoms with Crippen LogP contribution in [-0.2, 0) is 16.0 Å². The predicted octanol–water partition coefficient (Wildman–Crippen LogP) is 1.76. The fraction of sp³-hybridized carbons (Fsp3) is 0.333. The molecule has 0 fully saturated rings. The van der Waals surface area contributed by atoms with Crippen molar-refractivity contribution in [2.24, 2.45) is 0 Å². The van der Waals surface area contributed by atoms with E-state index in [1.54, 1.807) is 13.0 Å². The van der Waals surface area contributed by atoms with E-state index in [0.29, 0.717) is 13.0 Å². The number of ether oxygens (including phenoxy) is 1. The average molecular weight is 219 g/mol. The molecule has 1 rings (SSSR count). The molecule has 1 aromatic rings. The highest BCUT2D eigenvalue weighted by Gasteiger charge is 2.05. The minimum absolute atomic E-state index is 0.0520. The Morgan fingerprint density at radius 2 is 2.31 bits per heavy atom. The van der Waals surface area contributed by atoms with Crippen LogP contribution in [-0.4, -0.2) is 17.7 Å². The van der Waals surface area contributed by atoms with Gasteiger partial charge in [0.05, 0.1) is 12.2 Å². The molecule has 0 amide bonds. The molecule has 84 valence electrons. The SMILES string of the molecule is CCOC(=O)CCc1ccc(C#N)c(O)c1. The van der Waals surface area contributed by atoms with Gasteiger partial charge in [0.15, 0.2) is 0 Å². The molecule has 16 heavy (non-hydrogen) atoms. The molecule has 4 nitrogen and oxygen atoms in total. The van der Waals surface area contributed by atoms with E-state index in [1.165, 1.54) is 12.1 Å². The molecule has 0 saturated heterocycles. The van der Waals surface area contributed by atoms with Crippen LogP contribution in [0.3, 0.4) is 0 Å². The Morgan fingerprint density at radius 1 is 1.56 bits per heavy atom. The summed E-state index contributed by atoms with van der Waals surface area (Å²) in [6.07, 6.45) is 0.775. The standard InChI is InChI=1S/C12H13NO3/c1-2-16-12(15)6-4-9-3-5-10(8-13)11(14)7-9/h3,5,7,14H,2,4,6H2,1H3. The number of carbonyl (C=O) groups excluding carboxylic acids is 1. The molecule has 0 aliphatic heterocycles. The van der Waals surface area contributed by atoms with Gasteiger partial charge in [-0.3, -0.25) is 4.79 Å². The number of carbonyl (C=O) groups is 1. The van der Waals surface area contributed by atoms with Crippen molar-refractivity contribution in [3.63, 3.8) is 0 Å². The van der Waals surface area contributed by atoms with E-state index in [1.807, 2.05) is 6.07 Å². The van der Waals surface area contributed by atoms with Crippen LogP contribution in [0.5, 0.6) is 5.75 Å². The zero-order valence-electron chi connectivity index (χ0n) is 9.06. The number of rotatable bonds is 4. The van der Waals surface area contributed by atoms with Crippen molar-refractivity contribution in [1.29, 1.82) is 5.26 Å². The second kappa shape index (κ2) is 5.76. The molecule has 0 atom stereocenters. The van der Waals surface area contributed by atoms with Crippen LogP contribution in [0.4, 0.5) is 0 Å². The van der Waals surface area contributed by atoms with Crippen molar-refractivity contribution in [1.82, 2.24) is 0 Å². The highest BCUT2D eigenvalue weighted by Crippen LogP contribution is 2.18. The van der Waals surface area contributed by atoms with Crippen LogP contribution in [0.1, 0.15) is 24.5 Å². The Kier molecular flexibility index (Phi) is 4.34. The molecule has 0 unspecified atom stereocenters. The molecular weight excluding hydrogens is 206 g/mol. The fourth-order valence-electron chi connectivity index (χ4n) is 1.31. The van der Waals surface area contributed by atoms with Gasteiger partial charge in [-0.1, -0.05) is 6.07 Å². The quantitative estimate of drug-likeness (QED) is 0.783. The fourth-order valence-corrected chi connectivity index (χ4v) is 1.31. The first-order valence-electron chi connectivity index (χ1n) is 5.05. The van der Waals surface area contributed by atoms with Crippen LogP contribution in [0.2, 0.25) is 0 Å². The number of aryl methyl sites for hydroxylation is 1. The maximum absolute atomic E-state index is 11.1. The third kappa shape index (κ3) is 3.28. The van der Waals surface area contributed by atoms with Crippen molar-refractivity contribution in [2.75, 3.05) is 6.61 Å². The van der Waals surface area contributed by atoms with Crippen LogP contribution in [0, 0.1) is 11.3 Å². The van der Waals surface area contributed by atoms with Gasteiger partial charge in [-0.2, -0.15) is 5.26 Å². The number of phenols is 1. The van der Waals surface area contributed by atoms with E-state index in [2.05, 4.69) is 0 Å². The van der Waals surface area contributed by atoms with Gasteiger partial charge in [0.1, 0.15) is 11.8 Å². The molecule has 0 heterocycles. The van der Waals surface area contributed by atoms with Crippen LogP contribution < -0.4 is 0 Å². The number of benzene rings is 1. The summed E-state index contributed by atoms with van der Waals surface area (Å²) in [6, 6.07) is 6.62. The van der Waals surface area contributed by atoms with Crippen molar-refractivity contribution in [3.8, 4) is 11.8 Å². The van der Waals surface area contributed by atoms with Crippen LogP contribution in [0.15, 0.2) is 18.2 Å². The van der Waals surface area contributed by atoms with E-state index in [4.69, 9.17) is 10.00 Å². The zero-order valence-corrected chi connectivity index (χ0v) is 9.06. The Bertz CT molecular complexity index is 421. The topological polar surface area (TPSA) is 70.3 Å². The number of nitriles is 1. The monoisotopic (exact) mass is 219 g/mol. The van der Waals surface area contributed by atoms with E-state index >= 15 is 0 Å². The van der Waals surface area contributed by atoms with E-state index in [9.17, 15) is 9.90 Å². The molecule has 0 aliphatic carbocycles. The van der Waals surface area contributed by atoms with Gasteiger partial charge in [0, 0.05) is 6.42 Å². The van der Waals surface area contributed by atoms with E-state index in [0.717, 1.165) is 5.56 Å². The molecule has 1 aromatic carbocycles. The predicted molar refractivity (Wildman–Crippen MR) is 57.8 cm³/mol. The minimum atomic E-state index is -0.258.